The van der Waals surface area contributed by atoms with Gasteiger partial charge in [0.05, 0.1) is 30.0 Å². The summed E-state index contributed by atoms with van der Waals surface area (Å²) in [5, 5.41) is 2.74. The third-order valence-electron chi connectivity index (χ3n) is 4.78. The summed E-state index contributed by atoms with van der Waals surface area (Å²) in [5.74, 6) is -2.90. The minimum absolute atomic E-state index is 0.00413. The van der Waals surface area contributed by atoms with Crippen molar-refractivity contribution in [2.75, 3.05) is 25.6 Å². The van der Waals surface area contributed by atoms with E-state index >= 15 is 0 Å². The number of benzene rings is 2. The molecule has 0 atom stereocenters. The molecule has 3 rings (SSSR count). The van der Waals surface area contributed by atoms with Gasteiger partial charge in [0, 0.05) is 5.02 Å². The Balaban J connectivity index is 2.03. The van der Waals surface area contributed by atoms with Crippen LogP contribution in [0.1, 0.15) is 34.7 Å². The van der Waals surface area contributed by atoms with E-state index in [-0.39, 0.29) is 33.1 Å². The number of anilines is 1. The van der Waals surface area contributed by atoms with Gasteiger partial charge in [-0.1, -0.05) is 29.3 Å². The SMILES string of the molecule is COc1nc(NC(=O)c2ccc(Cl)cc2Cl)c(C(=O)OC(C)(C)COCC(F)(F)F)n1-c1cccc(F)c1. The summed E-state index contributed by atoms with van der Waals surface area (Å²) >= 11 is 12.0. The highest BCUT2D eigenvalue weighted by atomic mass is 35.5. The summed E-state index contributed by atoms with van der Waals surface area (Å²) in [5.41, 5.74) is -1.88. The fraction of sp³-hybridized carbons (Fsp3) is 0.292. The summed E-state index contributed by atoms with van der Waals surface area (Å²) in [6.07, 6.45) is -4.58. The monoisotopic (exact) mass is 577 g/mol. The molecule has 2 aromatic carbocycles. The van der Waals surface area contributed by atoms with E-state index in [1.807, 2.05) is 0 Å². The van der Waals surface area contributed by atoms with Crippen molar-refractivity contribution in [3.05, 3.63) is 69.6 Å². The molecule has 0 saturated heterocycles. The second-order valence-electron chi connectivity index (χ2n) is 8.45. The first-order chi connectivity index (χ1) is 17.7. The van der Waals surface area contributed by atoms with E-state index in [1.165, 1.54) is 51.3 Å². The Labute approximate surface area is 224 Å². The van der Waals surface area contributed by atoms with Gasteiger partial charge in [-0.15, -0.1) is 0 Å². The largest absolute Gasteiger partial charge is 0.468 e. The number of nitrogens with zero attached hydrogens (tertiary/aromatic N) is 2. The van der Waals surface area contributed by atoms with Crippen LogP contribution in [0.2, 0.25) is 10.0 Å². The molecule has 1 N–H and O–H groups in total. The molecule has 0 radical (unpaired) electrons. The zero-order valence-corrected chi connectivity index (χ0v) is 21.7. The number of halogens is 6. The van der Waals surface area contributed by atoms with Gasteiger partial charge in [-0.2, -0.15) is 18.2 Å². The van der Waals surface area contributed by atoms with Crippen molar-refractivity contribution in [2.24, 2.45) is 0 Å². The number of ether oxygens (including phenoxy) is 3. The standard InChI is InChI=1S/C24H21Cl2F4N3O5/c1-23(2,11-37-12-24(28,29)30)38-21(35)18-19(31-20(34)16-8-7-13(25)9-17(16)26)32-22(36-3)33(18)15-6-4-5-14(27)10-15/h4-10H,11-12H2,1-3H3,(H,31,34). The molecule has 1 amide bonds. The topological polar surface area (TPSA) is 91.7 Å². The lowest BCUT2D eigenvalue weighted by atomic mass is 10.1. The molecule has 1 aromatic heterocycles. The van der Waals surface area contributed by atoms with Crippen molar-refractivity contribution < 1.29 is 41.4 Å². The first kappa shape index (κ1) is 29.2. The van der Waals surface area contributed by atoms with E-state index in [9.17, 15) is 27.2 Å². The Morgan fingerprint density at radius 1 is 1.08 bits per heavy atom. The number of hydrogen-bond donors (Lipinski definition) is 1. The number of aromatic nitrogens is 2. The van der Waals surface area contributed by atoms with Gasteiger partial charge in [-0.05, 0) is 50.2 Å². The van der Waals surface area contributed by atoms with E-state index in [0.29, 0.717) is 0 Å². The van der Waals surface area contributed by atoms with Gasteiger partial charge in [0.25, 0.3) is 5.91 Å². The number of rotatable bonds is 9. The molecule has 3 aromatic rings. The first-order valence-electron chi connectivity index (χ1n) is 10.8. The molecule has 0 unspecified atom stereocenters. The molecule has 38 heavy (non-hydrogen) atoms. The average Bonchev–Trinajstić information content (AvgIpc) is 3.15. The Morgan fingerprint density at radius 2 is 1.79 bits per heavy atom. The van der Waals surface area contributed by atoms with Crippen LogP contribution < -0.4 is 10.1 Å². The summed E-state index contributed by atoms with van der Waals surface area (Å²) in [6.45, 7) is 0.498. The molecule has 0 aliphatic rings. The lowest BCUT2D eigenvalue weighted by molar-refractivity contribution is -0.184. The van der Waals surface area contributed by atoms with E-state index in [4.69, 9.17) is 32.7 Å². The number of esters is 1. The van der Waals surface area contributed by atoms with Crippen molar-refractivity contribution >= 4 is 40.9 Å². The van der Waals surface area contributed by atoms with Crippen molar-refractivity contribution in [3.8, 4) is 11.7 Å². The highest BCUT2D eigenvalue weighted by molar-refractivity contribution is 6.37. The van der Waals surface area contributed by atoms with Gasteiger partial charge in [-0.25, -0.2) is 9.18 Å². The minimum Gasteiger partial charge on any atom is -0.468 e. The predicted octanol–water partition coefficient (Wildman–Crippen LogP) is 6.09. The number of imidazole rings is 1. The molecule has 0 fully saturated rings. The number of methoxy groups -OCH3 is 1. The quantitative estimate of drug-likeness (QED) is 0.244. The Hall–Kier alpha value is -3.35. The fourth-order valence-electron chi connectivity index (χ4n) is 3.26. The van der Waals surface area contributed by atoms with Crippen molar-refractivity contribution in [3.63, 3.8) is 0 Å². The fourth-order valence-corrected chi connectivity index (χ4v) is 3.75. The zero-order valence-electron chi connectivity index (χ0n) is 20.2. The van der Waals surface area contributed by atoms with E-state index < -0.39 is 48.4 Å². The minimum atomic E-state index is -4.58. The van der Waals surface area contributed by atoms with Crippen LogP contribution in [0.25, 0.3) is 5.69 Å². The number of alkyl halides is 3. The molecule has 0 bridgehead atoms. The summed E-state index contributed by atoms with van der Waals surface area (Å²) < 4.78 is 67.9. The number of nitrogens with one attached hydrogen (secondary N) is 1. The molecule has 8 nitrogen and oxygen atoms in total. The third-order valence-corrected chi connectivity index (χ3v) is 5.33. The van der Waals surface area contributed by atoms with Gasteiger partial charge in [-0.3, -0.25) is 9.36 Å². The van der Waals surface area contributed by atoms with Crippen LogP contribution >= 0.6 is 23.2 Å². The predicted molar refractivity (Wildman–Crippen MR) is 131 cm³/mol. The van der Waals surface area contributed by atoms with Crippen LogP contribution in [0, 0.1) is 5.82 Å². The number of hydrogen-bond acceptors (Lipinski definition) is 6. The highest BCUT2D eigenvalue weighted by Gasteiger charge is 2.34. The third kappa shape index (κ3) is 7.36. The average molecular weight is 578 g/mol. The van der Waals surface area contributed by atoms with Gasteiger partial charge < -0.3 is 19.5 Å². The maximum atomic E-state index is 14.0. The van der Waals surface area contributed by atoms with Crippen molar-refractivity contribution in [1.29, 1.82) is 0 Å². The first-order valence-corrected chi connectivity index (χ1v) is 11.5. The lowest BCUT2D eigenvalue weighted by Gasteiger charge is -2.25. The van der Waals surface area contributed by atoms with Gasteiger partial charge >= 0.3 is 18.2 Å². The Kier molecular flexibility index (Phi) is 8.90. The molecule has 0 aliphatic heterocycles. The number of carbonyl (C=O) groups excluding carboxylic acids is 2. The second kappa shape index (κ2) is 11.6. The van der Waals surface area contributed by atoms with Crippen LogP contribution in [0.4, 0.5) is 23.4 Å². The van der Waals surface area contributed by atoms with E-state index in [0.717, 1.165) is 16.7 Å². The maximum absolute atomic E-state index is 14.0. The molecular formula is C24H21Cl2F4N3O5. The molecule has 204 valence electrons. The second-order valence-corrected chi connectivity index (χ2v) is 9.29. The van der Waals surface area contributed by atoms with Gasteiger partial charge in [0.15, 0.2) is 11.5 Å². The maximum Gasteiger partial charge on any atom is 0.411 e. The van der Waals surface area contributed by atoms with Gasteiger partial charge in [0.2, 0.25) is 0 Å². The van der Waals surface area contributed by atoms with Gasteiger partial charge in [0.1, 0.15) is 18.0 Å². The van der Waals surface area contributed by atoms with Crippen molar-refractivity contribution in [1.82, 2.24) is 9.55 Å². The van der Waals surface area contributed by atoms with Crippen LogP contribution in [0.15, 0.2) is 42.5 Å². The van der Waals surface area contributed by atoms with E-state index in [1.54, 1.807) is 0 Å². The van der Waals surface area contributed by atoms with E-state index in [2.05, 4.69) is 15.0 Å². The highest BCUT2D eigenvalue weighted by Crippen LogP contribution is 2.31. The Bertz CT molecular complexity index is 1350. The Morgan fingerprint density at radius 3 is 2.39 bits per heavy atom. The smallest absolute Gasteiger partial charge is 0.411 e. The molecule has 0 saturated carbocycles. The van der Waals surface area contributed by atoms with Crippen LogP contribution in [-0.2, 0) is 9.47 Å². The lowest BCUT2D eigenvalue weighted by Crippen LogP contribution is -2.36. The summed E-state index contributed by atoms with van der Waals surface area (Å²) in [4.78, 5) is 30.5. The van der Waals surface area contributed by atoms with Crippen LogP contribution in [0.3, 0.4) is 0 Å². The molecule has 0 aliphatic carbocycles. The number of carbonyl (C=O) groups is 2. The van der Waals surface area contributed by atoms with Crippen LogP contribution in [0.5, 0.6) is 6.01 Å². The molecule has 1 heterocycles. The molecule has 0 spiro atoms. The summed E-state index contributed by atoms with van der Waals surface area (Å²) in [7, 11) is 1.23. The van der Waals surface area contributed by atoms with Crippen LogP contribution in [-0.4, -0.2) is 53.5 Å². The van der Waals surface area contributed by atoms with Crippen molar-refractivity contribution in [2.45, 2.75) is 25.6 Å². The molecular weight excluding hydrogens is 557 g/mol. The number of amides is 1. The molecule has 14 heteroatoms. The normalized spacial score (nSPS) is 11.8. The zero-order chi connectivity index (χ0) is 28.3. The summed E-state index contributed by atoms with van der Waals surface area (Å²) in [6, 6.07) is 8.90.